The molecular weight excluding hydrogens is 399 g/mol. The van der Waals surface area contributed by atoms with Gasteiger partial charge in [-0.2, -0.15) is 5.26 Å². The van der Waals surface area contributed by atoms with Crippen LogP contribution in [0.1, 0.15) is 11.1 Å². The van der Waals surface area contributed by atoms with Crippen LogP contribution in [0.4, 0.5) is 15.9 Å². The van der Waals surface area contributed by atoms with Crippen LogP contribution in [0.5, 0.6) is 0 Å². The van der Waals surface area contributed by atoms with Crippen molar-refractivity contribution >= 4 is 34.5 Å². The summed E-state index contributed by atoms with van der Waals surface area (Å²) >= 11 is 1.57. The van der Waals surface area contributed by atoms with Crippen LogP contribution >= 0.6 is 11.9 Å². The SMILES string of the molecule is CSN(C)c1ncccc1CNc1c(C#N)cnc2[nH]c(-c3ccc(F)cc3)cc12. The lowest BCUT2D eigenvalue weighted by Gasteiger charge is -2.18. The summed E-state index contributed by atoms with van der Waals surface area (Å²) in [6, 6.07) is 14.3. The predicted octanol–water partition coefficient (Wildman–Crippen LogP) is 4.96. The molecule has 8 heteroatoms. The summed E-state index contributed by atoms with van der Waals surface area (Å²) in [4.78, 5) is 12.1. The Balaban J connectivity index is 1.72. The Labute approximate surface area is 177 Å². The number of rotatable bonds is 6. The molecule has 2 N–H and O–H groups in total. The summed E-state index contributed by atoms with van der Waals surface area (Å²) in [6.07, 6.45) is 5.30. The highest BCUT2D eigenvalue weighted by Crippen LogP contribution is 2.31. The minimum atomic E-state index is -0.287. The van der Waals surface area contributed by atoms with Crippen molar-refractivity contribution in [1.82, 2.24) is 15.0 Å². The maximum Gasteiger partial charge on any atom is 0.143 e. The number of hydrogen-bond acceptors (Lipinski definition) is 6. The van der Waals surface area contributed by atoms with E-state index in [1.807, 2.05) is 35.8 Å². The summed E-state index contributed by atoms with van der Waals surface area (Å²) in [5, 5.41) is 13.8. The molecule has 0 aliphatic carbocycles. The Morgan fingerprint density at radius 2 is 2.03 bits per heavy atom. The Kier molecular flexibility index (Phi) is 5.55. The summed E-state index contributed by atoms with van der Waals surface area (Å²) in [5.74, 6) is 0.576. The molecule has 0 atom stereocenters. The van der Waals surface area contributed by atoms with Gasteiger partial charge in [0.1, 0.15) is 23.4 Å². The van der Waals surface area contributed by atoms with Crippen LogP contribution in [-0.2, 0) is 6.54 Å². The predicted molar refractivity (Wildman–Crippen MR) is 120 cm³/mol. The number of hydrogen-bond donors (Lipinski definition) is 2. The fraction of sp³-hybridized carbons (Fsp3) is 0.136. The van der Waals surface area contributed by atoms with Crippen LogP contribution in [0.25, 0.3) is 22.3 Å². The zero-order chi connectivity index (χ0) is 21.1. The third-order valence-corrected chi connectivity index (χ3v) is 5.55. The van der Waals surface area contributed by atoms with E-state index in [-0.39, 0.29) is 5.82 Å². The van der Waals surface area contributed by atoms with Gasteiger partial charge in [0, 0.05) is 48.9 Å². The van der Waals surface area contributed by atoms with E-state index in [4.69, 9.17) is 0 Å². The van der Waals surface area contributed by atoms with Gasteiger partial charge in [-0.1, -0.05) is 18.0 Å². The van der Waals surface area contributed by atoms with Gasteiger partial charge in [0.25, 0.3) is 0 Å². The van der Waals surface area contributed by atoms with E-state index >= 15 is 0 Å². The van der Waals surface area contributed by atoms with Gasteiger partial charge in [-0.15, -0.1) is 0 Å². The van der Waals surface area contributed by atoms with Crippen LogP contribution in [0.3, 0.4) is 0 Å². The van der Waals surface area contributed by atoms with Crippen LogP contribution in [0, 0.1) is 17.1 Å². The van der Waals surface area contributed by atoms with Crippen LogP contribution in [-0.4, -0.2) is 28.3 Å². The van der Waals surface area contributed by atoms with Crippen molar-refractivity contribution in [2.24, 2.45) is 0 Å². The van der Waals surface area contributed by atoms with Crippen molar-refractivity contribution in [2.75, 3.05) is 22.9 Å². The van der Waals surface area contributed by atoms with E-state index in [1.165, 1.54) is 12.1 Å². The minimum absolute atomic E-state index is 0.287. The monoisotopic (exact) mass is 418 g/mol. The number of aromatic amines is 1. The molecule has 0 amide bonds. The number of nitriles is 1. The first-order valence-electron chi connectivity index (χ1n) is 9.24. The number of halogens is 1. The molecular formula is C22H19FN6S. The average molecular weight is 419 g/mol. The third kappa shape index (κ3) is 3.80. The summed E-state index contributed by atoms with van der Waals surface area (Å²) in [5.41, 5.74) is 4.47. The zero-order valence-electron chi connectivity index (χ0n) is 16.5. The molecule has 0 fully saturated rings. The van der Waals surface area contributed by atoms with Crippen LogP contribution in [0.2, 0.25) is 0 Å². The van der Waals surface area contributed by atoms with Gasteiger partial charge < -0.3 is 14.6 Å². The van der Waals surface area contributed by atoms with Crippen molar-refractivity contribution < 1.29 is 4.39 Å². The second kappa shape index (κ2) is 8.43. The fourth-order valence-corrected chi connectivity index (χ4v) is 3.59. The molecule has 0 aliphatic heterocycles. The van der Waals surface area contributed by atoms with Crippen molar-refractivity contribution in [3.05, 3.63) is 71.8 Å². The van der Waals surface area contributed by atoms with Gasteiger partial charge in [0.2, 0.25) is 0 Å². The number of pyridine rings is 2. The lowest BCUT2D eigenvalue weighted by Crippen LogP contribution is -2.12. The average Bonchev–Trinajstić information content (AvgIpc) is 3.22. The summed E-state index contributed by atoms with van der Waals surface area (Å²) in [7, 11) is 1.96. The minimum Gasteiger partial charge on any atom is -0.379 e. The highest BCUT2D eigenvalue weighted by Gasteiger charge is 2.14. The van der Waals surface area contributed by atoms with Crippen LogP contribution in [0.15, 0.2) is 54.9 Å². The molecule has 6 nitrogen and oxygen atoms in total. The molecule has 0 bridgehead atoms. The quantitative estimate of drug-likeness (QED) is 0.431. The molecule has 0 unspecified atom stereocenters. The molecule has 150 valence electrons. The topological polar surface area (TPSA) is 80.6 Å². The molecule has 1 aromatic carbocycles. The van der Waals surface area contributed by atoms with Gasteiger partial charge in [0.15, 0.2) is 0 Å². The number of anilines is 2. The molecule has 0 spiro atoms. The van der Waals surface area contributed by atoms with E-state index < -0.39 is 0 Å². The maximum absolute atomic E-state index is 13.3. The molecule has 3 aromatic heterocycles. The molecule has 4 rings (SSSR count). The molecule has 3 heterocycles. The van der Waals surface area contributed by atoms with E-state index in [2.05, 4.69) is 26.3 Å². The lowest BCUT2D eigenvalue weighted by molar-refractivity contribution is 0.628. The number of aromatic nitrogens is 3. The highest BCUT2D eigenvalue weighted by atomic mass is 32.2. The van der Waals surface area contributed by atoms with Crippen molar-refractivity contribution in [2.45, 2.75) is 6.54 Å². The normalized spacial score (nSPS) is 10.7. The van der Waals surface area contributed by atoms with Gasteiger partial charge in [-0.05, 0) is 42.0 Å². The lowest BCUT2D eigenvalue weighted by atomic mass is 10.1. The Morgan fingerprint density at radius 3 is 2.77 bits per heavy atom. The second-order valence-corrected chi connectivity index (χ2v) is 7.54. The first-order valence-corrected chi connectivity index (χ1v) is 10.4. The standard InChI is InChI=1S/C22H19FN6S/c1-29(30-2)22-15(4-3-9-25-22)12-26-20-16(11-24)13-27-21-18(20)10-19(28-21)14-5-7-17(23)8-6-14/h3-10,13H,12H2,1-2H3,(H2,26,27,28). The number of H-pyrrole nitrogens is 1. The van der Waals surface area contributed by atoms with Gasteiger partial charge >= 0.3 is 0 Å². The van der Waals surface area contributed by atoms with Crippen LogP contribution < -0.4 is 9.62 Å². The van der Waals surface area contributed by atoms with Crippen molar-refractivity contribution in [1.29, 1.82) is 5.26 Å². The molecule has 30 heavy (non-hydrogen) atoms. The summed E-state index contributed by atoms with van der Waals surface area (Å²) in [6.45, 7) is 0.499. The van der Waals surface area contributed by atoms with Gasteiger partial charge in [-0.3, -0.25) is 0 Å². The Hall–Kier alpha value is -3.57. The molecule has 0 aliphatic rings. The maximum atomic E-state index is 13.3. The van der Waals surface area contributed by atoms with Crippen molar-refractivity contribution in [3.63, 3.8) is 0 Å². The van der Waals surface area contributed by atoms with E-state index in [0.29, 0.717) is 23.4 Å². The first-order chi connectivity index (χ1) is 14.6. The smallest absolute Gasteiger partial charge is 0.143 e. The summed E-state index contributed by atoms with van der Waals surface area (Å²) < 4.78 is 15.3. The van der Waals surface area contributed by atoms with Gasteiger partial charge in [-0.25, -0.2) is 14.4 Å². The Morgan fingerprint density at radius 1 is 1.23 bits per heavy atom. The first kappa shape index (κ1) is 19.7. The van der Waals surface area contributed by atoms with E-state index in [1.54, 1.807) is 36.5 Å². The number of nitrogens with zero attached hydrogens (tertiary/aromatic N) is 4. The molecule has 0 saturated heterocycles. The molecule has 0 saturated carbocycles. The zero-order valence-corrected chi connectivity index (χ0v) is 17.3. The molecule has 4 aromatic rings. The highest BCUT2D eigenvalue weighted by molar-refractivity contribution is 7.99. The van der Waals surface area contributed by atoms with E-state index in [9.17, 15) is 9.65 Å². The number of nitrogens with one attached hydrogen (secondary N) is 2. The largest absolute Gasteiger partial charge is 0.379 e. The Bertz CT molecular complexity index is 1230. The second-order valence-electron chi connectivity index (χ2n) is 6.63. The number of fused-ring (bicyclic) bond motifs is 1. The van der Waals surface area contributed by atoms with Crippen molar-refractivity contribution in [3.8, 4) is 17.3 Å². The third-order valence-electron chi connectivity index (χ3n) is 4.83. The van der Waals surface area contributed by atoms with Gasteiger partial charge in [0.05, 0.1) is 11.3 Å². The van der Waals surface area contributed by atoms with E-state index in [0.717, 1.165) is 28.0 Å². The molecule has 0 radical (unpaired) electrons. The fourth-order valence-electron chi connectivity index (χ4n) is 3.26. The number of benzene rings is 1.